The third-order valence-corrected chi connectivity index (χ3v) is 5.40. The molecule has 3 aromatic rings. The van der Waals surface area contributed by atoms with Gasteiger partial charge in [-0.05, 0) is 23.1 Å². The van der Waals surface area contributed by atoms with Crippen molar-refractivity contribution in [3.05, 3.63) is 53.6 Å². The lowest BCUT2D eigenvalue weighted by molar-refractivity contribution is 0.323. The third-order valence-electron chi connectivity index (χ3n) is 4.01. The smallest absolute Gasteiger partial charge is 0.203 e. The predicted molar refractivity (Wildman–Crippen MR) is 101 cm³/mol. The van der Waals surface area contributed by atoms with Gasteiger partial charge >= 0.3 is 0 Å². The van der Waals surface area contributed by atoms with E-state index >= 15 is 0 Å². The molecular formula is C19H19NO5S. The Balaban J connectivity index is 2.04. The molecule has 1 heterocycles. The molecule has 136 valence electrons. The molecule has 0 saturated carbocycles. The van der Waals surface area contributed by atoms with Gasteiger partial charge in [-0.1, -0.05) is 18.2 Å². The molecule has 2 aromatic carbocycles. The van der Waals surface area contributed by atoms with Crippen LogP contribution >= 0.6 is 0 Å². The van der Waals surface area contributed by atoms with Crippen molar-refractivity contribution in [2.45, 2.75) is 4.90 Å². The van der Waals surface area contributed by atoms with Crippen LogP contribution in [0.5, 0.6) is 17.2 Å². The van der Waals surface area contributed by atoms with Gasteiger partial charge in [0, 0.05) is 23.7 Å². The summed E-state index contributed by atoms with van der Waals surface area (Å²) in [5, 5.41) is 2.18. The highest BCUT2D eigenvalue weighted by Gasteiger charge is 2.19. The number of aromatic nitrogens is 1. The quantitative estimate of drug-likeness (QED) is 0.714. The minimum atomic E-state index is -3.71. The SMILES string of the molecule is COc1cc(S(=O)(=O)C=Cc2cccc3cc[nH]c23)cc(OC)c1OC. The summed E-state index contributed by atoms with van der Waals surface area (Å²) < 4.78 is 41.2. The molecule has 0 atom stereocenters. The van der Waals surface area contributed by atoms with E-state index in [9.17, 15) is 8.42 Å². The Hall–Kier alpha value is -2.93. The van der Waals surface area contributed by atoms with Crippen molar-refractivity contribution in [1.29, 1.82) is 0 Å². The average molecular weight is 373 g/mol. The van der Waals surface area contributed by atoms with Crippen LogP contribution in [-0.2, 0) is 9.84 Å². The minimum Gasteiger partial charge on any atom is -0.493 e. The van der Waals surface area contributed by atoms with Gasteiger partial charge in [0.25, 0.3) is 0 Å². The van der Waals surface area contributed by atoms with E-state index in [-0.39, 0.29) is 16.4 Å². The average Bonchev–Trinajstić information content (AvgIpc) is 3.14. The Morgan fingerprint density at radius 1 is 0.962 bits per heavy atom. The van der Waals surface area contributed by atoms with Gasteiger partial charge in [-0.25, -0.2) is 8.42 Å². The lowest BCUT2D eigenvalue weighted by Crippen LogP contribution is -2.01. The Bertz CT molecular complexity index is 1040. The molecule has 0 aliphatic carbocycles. The molecule has 0 bridgehead atoms. The van der Waals surface area contributed by atoms with E-state index in [1.165, 1.54) is 38.9 Å². The molecular weight excluding hydrogens is 354 g/mol. The number of fused-ring (bicyclic) bond motifs is 1. The lowest BCUT2D eigenvalue weighted by Gasteiger charge is -2.13. The number of sulfone groups is 1. The Morgan fingerprint density at radius 3 is 2.27 bits per heavy atom. The Kier molecular flexibility index (Phi) is 4.90. The molecule has 0 amide bonds. The predicted octanol–water partition coefficient (Wildman–Crippen LogP) is 3.64. The molecule has 26 heavy (non-hydrogen) atoms. The van der Waals surface area contributed by atoms with Crippen LogP contribution in [0.15, 0.2) is 52.9 Å². The molecule has 0 aliphatic rings. The summed E-state index contributed by atoms with van der Waals surface area (Å²) in [7, 11) is 0.633. The number of rotatable bonds is 6. The molecule has 0 unspecified atom stereocenters. The molecule has 0 radical (unpaired) electrons. The lowest BCUT2D eigenvalue weighted by atomic mass is 10.1. The zero-order chi connectivity index (χ0) is 18.7. The second-order valence-corrected chi connectivity index (χ2v) is 7.33. The molecule has 1 aromatic heterocycles. The van der Waals surface area contributed by atoms with E-state index in [2.05, 4.69) is 4.98 Å². The van der Waals surface area contributed by atoms with Crippen molar-refractivity contribution in [1.82, 2.24) is 4.98 Å². The van der Waals surface area contributed by atoms with Gasteiger partial charge in [-0.15, -0.1) is 0 Å². The summed E-state index contributed by atoms with van der Waals surface area (Å²) in [5.41, 5.74) is 1.66. The summed E-state index contributed by atoms with van der Waals surface area (Å²) in [6.45, 7) is 0. The molecule has 3 rings (SSSR count). The number of para-hydroxylation sites is 1. The second kappa shape index (κ2) is 7.13. The van der Waals surface area contributed by atoms with Crippen LogP contribution in [0.25, 0.3) is 17.0 Å². The summed E-state index contributed by atoms with van der Waals surface area (Å²) in [5.74, 6) is 0.907. The third kappa shape index (κ3) is 3.25. The van der Waals surface area contributed by atoms with Crippen LogP contribution in [0.4, 0.5) is 0 Å². The van der Waals surface area contributed by atoms with Crippen molar-refractivity contribution in [2.24, 2.45) is 0 Å². The van der Waals surface area contributed by atoms with Crippen LogP contribution in [0.3, 0.4) is 0 Å². The molecule has 0 fully saturated rings. The number of H-pyrrole nitrogens is 1. The van der Waals surface area contributed by atoms with E-state index in [1.807, 2.05) is 30.5 Å². The molecule has 6 nitrogen and oxygen atoms in total. The van der Waals surface area contributed by atoms with Crippen LogP contribution in [0.2, 0.25) is 0 Å². The summed E-state index contributed by atoms with van der Waals surface area (Å²) >= 11 is 0. The number of hydrogen-bond acceptors (Lipinski definition) is 5. The van der Waals surface area contributed by atoms with Crippen LogP contribution < -0.4 is 14.2 Å². The van der Waals surface area contributed by atoms with Gasteiger partial charge < -0.3 is 19.2 Å². The summed E-state index contributed by atoms with van der Waals surface area (Å²) in [4.78, 5) is 3.17. The Labute approximate surface area is 151 Å². The van der Waals surface area contributed by atoms with E-state index in [0.29, 0.717) is 5.75 Å². The molecule has 0 spiro atoms. The first-order valence-corrected chi connectivity index (χ1v) is 9.34. The summed E-state index contributed by atoms with van der Waals surface area (Å²) in [6.07, 6.45) is 3.38. The maximum Gasteiger partial charge on any atom is 0.203 e. The first-order valence-electron chi connectivity index (χ1n) is 7.79. The number of aromatic amines is 1. The Morgan fingerprint density at radius 2 is 1.65 bits per heavy atom. The molecule has 1 N–H and O–H groups in total. The van der Waals surface area contributed by atoms with Crippen LogP contribution in [0, 0.1) is 0 Å². The van der Waals surface area contributed by atoms with Crippen molar-refractivity contribution in [3.8, 4) is 17.2 Å². The normalized spacial score (nSPS) is 11.8. The second-order valence-electron chi connectivity index (χ2n) is 5.50. The van der Waals surface area contributed by atoms with E-state index in [0.717, 1.165) is 16.5 Å². The molecule has 0 aliphatic heterocycles. The first-order chi connectivity index (χ1) is 12.5. The molecule has 0 saturated heterocycles. The van der Waals surface area contributed by atoms with Gasteiger partial charge in [0.15, 0.2) is 21.3 Å². The fourth-order valence-corrected chi connectivity index (χ4v) is 3.74. The van der Waals surface area contributed by atoms with Gasteiger partial charge in [-0.3, -0.25) is 0 Å². The van der Waals surface area contributed by atoms with Crippen LogP contribution in [0.1, 0.15) is 5.56 Å². The maximum atomic E-state index is 12.8. The maximum absolute atomic E-state index is 12.8. The van der Waals surface area contributed by atoms with E-state index in [4.69, 9.17) is 14.2 Å². The number of benzene rings is 2. The number of methoxy groups -OCH3 is 3. The van der Waals surface area contributed by atoms with E-state index in [1.54, 1.807) is 6.08 Å². The monoisotopic (exact) mass is 373 g/mol. The highest BCUT2D eigenvalue weighted by Crippen LogP contribution is 2.39. The van der Waals surface area contributed by atoms with Gasteiger partial charge in [0.2, 0.25) is 5.75 Å². The van der Waals surface area contributed by atoms with Gasteiger partial charge in [-0.2, -0.15) is 0 Å². The zero-order valence-electron chi connectivity index (χ0n) is 14.6. The van der Waals surface area contributed by atoms with Crippen molar-refractivity contribution in [3.63, 3.8) is 0 Å². The van der Waals surface area contributed by atoms with Crippen LogP contribution in [-0.4, -0.2) is 34.7 Å². The van der Waals surface area contributed by atoms with E-state index < -0.39 is 9.84 Å². The standard InChI is InChI=1S/C19H19NO5S/c1-23-16-11-15(12-17(24-2)19(16)25-3)26(21,22)10-8-14-6-4-5-13-7-9-20-18(13)14/h4-12,20H,1-3H3. The highest BCUT2D eigenvalue weighted by atomic mass is 32.2. The topological polar surface area (TPSA) is 77.6 Å². The number of hydrogen-bond donors (Lipinski definition) is 1. The summed E-state index contributed by atoms with van der Waals surface area (Å²) in [6, 6.07) is 10.4. The van der Waals surface area contributed by atoms with Crippen molar-refractivity contribution in [2.75, 3.05) is 21.3 Å². The fourth-order valence-electron chi connectivity index (χ4n) is 2.71. The fraction of sp³-hybridized carbons (Fsp3) is 0.158. The molecule has 7 heteroatoms. The zero-order valence-corrected chi connectivity index (χ0v) is 15.5. The van der Waals surface area contributed by atoms with Crippen molar-refractivity contribution >= 4 is 26.8 Å². The number of nitrogens with one attached hydrogen (secondary N) is 1. The van der Waals surface area contributed by atoms with Gasteiger partial charge in [0.1, 0.15) is 0 Å². The minimum absolute atomic E-state index is 0.0573. The highest BCUT2D eigenvalue weighted by molar-refractivity contribution is 7.94. The van der Waals surface area contributed by atoms with Crippen molar-refractivity contribution < 1.29 is 22.6 Å². The van der Waals surface area contributed by atoms with Gasteiger partial charge in [0.05, 0.1) is 31.7 Å². The first kappa shape index (κ1) is 17.9. The number of ether oxygens (including phenoxy) is 3. The largest absolute Gasteiger partial charge is 0.493 e.